The van der Waals surface area contributed by atoms with Gasteiger partial charge in [-0.15, -0.1) is 0 Å². The molecule has 29 heavy (non-hydrogen) atoms. The van der Waals surface area contributed by atoms with Crippen molar-refractivity contribution in [2.75, 3.05) is 12.0 Å². The van der Waals surface area contributed by atoms with E-state index in [0.717, 1.165) is 5.56 Å². The molecule has 0 saturated carbocycles. The fourth-order valence-corrected chi connectivity index (χ4v) is 2.91. The van der Waals surface area contributed by atoms with Crippen LogP contribution in [0, 0.1) is 0 Å². The highest BCUT2D eigenvalue weighted by Crippen LogP contribution is 2.11. The fraction of sp³-hybridized carbons (Fsp3) is 0.444. The van der Waals surface area contributed by atoms with Gasteiger partial charge in [-0.3, -0.25) is 14.4 Å². The Hall–Kier alpha value is -2.79. The number of amides is 3. The Morgan fingerprint density at radius 1 is 1.07 bits per heavy atom. The van der Waals surface area contributed by atoms with E-state index in [2.05, 4.69) is 10.6 Å². The monoisotopic (exact) mass is 426 g/mol. The molecule has 11 heteroatoms. The van der Waals surface area contributed by atoms with Gasteiger partial charge < -0.3 is 32.3 Å². The van der Waals surface area contributed by atoms with Crippen LogP contribution in [-0.4, -0.2) is 64.0 Å². The number of thioether (sulfide) groups is 1. The second-order valence-electron chi connectivity index (χ2n) is 6.39. The van der Waals surface area contributed by atoms with E-state index in [1.807, 2.05) is 6.26 Å². The number of primary amides is 1. The number of aliphatic carboxylic acids is 1. The third-order valence-corrected chi connectivity index (χ3v) is 4.64. The second-order valence-corrected chi connectivity index (χ2v) is 7.38. The van der Waals surface area contributed by atoms with Gasteiger partial charge in [0.1, 0.15) is 17.8 Å². The van der Waals surface area contributed by atoms with Crippen LogP contribution in [0.1, 0.15) is 18.4 Å². The van der Waals surface area contributed by atoms with Gasteiger partial charge in [0.2, 0.25) is 17.7 Å². The average Bonchev–Trinajstić information content (AvgIpc) is 2.65. The maximum atomic E-state index is 12.5. The van der Waals surface area contributed by atoms with Crippen LogP contribution in [0.4, 0.5) is 0 Å². The van der Waals surface area contributed by atoms with Crippen molar-refractivity contribution in [2.45, 2.75) is 37.4 Å². The van der Waals surface area contributed by atoms with E-state index in [1.165, 1.54) is 23.9 Å². The van der Waals surface area contributed by atoms with E-state index in [4.69, 9.17) is 16.6 Å². The van der Waals surface area contributed by atoms with E-state index in [1.54, 1.807) is 12.1 Å². The number of benzene rings is 1. The first-order valence-corrected chi connectivity index (χ1v) is 10.2. The number of phenols is 1. The van der Waals surface area contributed by atoms with Crippen molar-refractivity contribution < 1.29 is 29.4 Å². The molecule has 0 aliphatic carbocycles. The number of carboxylic acid groups (broad SMARTS) is 1. The first-order chi connectivity index (χ1) is 13.6. The summed E-state index contributed by atoms with van der Waals surface area (Å²) in [7, 11) is 0. The molecule has 0 aliphatic rings. The normalized spacial score (nSPS) is 13.7. The molecule has 0 saturated heterocycles. The number of nitrogens with one attached hydrogen (secondary N) is 2. The number of nitrogens with two attached hydrogens (primary N) is 2. The molecule has 3 atom stereocenters. The molecule has 8 N–H and O–H groups in total. The van der Waals surface area contributed by atoms with Crippen LogP contribution in [0.3, 0.4) is 0 Å². The van der Waals surface area contributed by atoms with E-state index in [0.29, 0.717) is 5.75 Å². The number of carbonyl (C=O) groups is 4. The van der Waals surface area contributed by atoms with Gasteiger partial charge >= 0.3 is 5.97 Å². The maximum absolute atomic E-state index is 12.5. The van der Waals surface area contributed by atoms with Crippen molar-refractivity contribution in [3.8, 4) is 5.75 Å². The smallest absolute Gasteiger partial charge is 0.326 e. The van der Waals surface area contributed by atoms with E-state index >= 15 is 0 Å². The molecule has 3 amide bonds. The van der Waals surface area contributed by atoms with Gasteiger partial charge in [0.15, 0.2) is 0 Å². The highest BCUT2D eigenvalue weighted by Gasteiger charge is 2.28. The summed E-state index contributed by atoms with van der Waals surface area (Å²) in [6, 6.07) is 2.74. The molecule has 1 aromatic rings. The Labute approximate surface area is 172 Å². The van der Waals surface area contributed by atoms with Crippen molar-refractivity contribution in [3.05, 3.63) is 29.8 Å². The molecule has 160 valence electrons. The highest BCUT2D eigenvalue weighted by atomic mass is 32.2. The summed E-state index contributed by atoms with van der Waals surface area (Å²) in [5, 5.41) is 23.2. The molecule has 3 unspecified atom stereocenters. The standard InChI is InChI=1S/C18H26N4O6S/c1-29-7-6-13(17(26)22-14(18(27)28)9-15(20)24)21-16(25)12(19)8-10-2-4-11(23)5-3-10/h2-5,12-14,23H,6-9,19H2,1H3,(H2,20,24)(H,21,25)(H,22,26)(H,27,28). The Morgan fingerprint density at radius 3 is 2.17 bits per heavy atom. The number of hydrogen-bond donors (Lipinski definition) is 6. The fourth-order valence-electron chi connectivity index (χ4n) is 2.44. The molecule has 0 radical (unpaired) electrons. The zero-order valence-corrected chi connectivity index (χ0v) is 16.8. The molecule has 10 nitrogen and oxygen atoms in total. The summed E-state index contributed by atoms with van der Waals surface area (Å²) < 4.78 is 0. The molecule has 1 aromatic carbocycles. The SMILES string of the molecule is CSCCC(NC(=O)C(N)Cc1ccc(O)cc1)C(=O)NC(CC(N)=O)C(=O)O. The lowest BCUT2D eigenvalue weighted by molar-refractivity contribution is -0.143. The quantitative estimate of drug-likeness (QED) is 0.244. The van der Waals surface area contributed by atoms with E-state index in [-0.39, 0.29) is 18.6 Å². The minimum atomic E-state index is -1.49. The van der Waals surface area contributed by atoms with E-state index < -0.39 is 48.2 Å². The number of aromatic hydroxyl groups is 1. The topological polar surface area (TPSA) is 185 Å². The average molecular weight is 426 g/mol. The lowest BCUT2D eigenvalue weighted by Gasteiger charge is -2.22. The van der Waals surface area contributed by atoms with Gasteiger partial charge in [-0.05, 0) is 42.5 Å². The van der Waals surface area contributed by atoms with Gasteiger partial charge in [-0.2, -0.15) is 11.8 Å². The van der Waals surface area contributed by atoms with Gasteiger partial charge in [0.25, 0.3) is 0 Å². The third kappa shape index (κ3) is 8.83. The van der Waals surface area contributed by atoms with Gasteiger partial charge in [-0.25, -0.2) is 4.79 Å². The maximum Gasteiger partial charge on any atom is 0.326 e. The van der Waals surface area contributed by atoms with Crippen LogP contribution in [0.5, 0.6) is 5.75 Å². The zero-order valence-electron chi connectivity index (χ0n) is 16.0. The predicted molar refractivity (Wildman–Crippen MR) is 108 cm³/mol. The molecule has 0 aromatic heterocycles. The largest absolute Gasteiger partial charge is 0.508 e. The summed E-state index contributed by atoms with van der Waals surface area (Å²) in [6.45, 7) is 0. The Balaban J connectivity index is 2.78. The number of carboxylic acids is 1. The minimum absolute atomic E-state index is 0.0875. The summed E-state index contributed by atoms with van der Waals surface area (Å²) in [5.74, 6) is -2.99. The van der Waals surface area contributed by atoms with E-state index in [9.17, 15) is 24.3 Å². The molecular weight excluding hydrogens is 400 g/mol. The Morgan fingerprint density at radius 2 is 1.66 bits per heavy atom. The van der Waals surface area contributed by atoms with Crippen LogP contribution in [-0.2, 0) is 25.6 Å². The van der Waals surface area contributed by atoms with Gasteiger partial charge in [0.05, 0.1) is 12.5 Å². The minimum Gasteiger partial charge on any atom is -0.508 e. The van der Waals surface area contributed by atoms with Crippen molar-refractivity contribution in [2.24, 2.45) is 11.5 Å². The summed E-state index contributed by atoms with van der Waals surface area (Å²) in [4.78, 5) is 47.1. The summed E-state index contributed by atoms with van der Waals surface area (Å²) in [5.41, 5.74) is 11.6. The molecule has 0 spiro atoms. The van der Waals surface area contributed by atoms with Crippen LogP contribution >= 0.6 is 11.8 Å². The van der Waals surface area contributed by atoms with Crippen molar-refractivity contribution in [1.82, 2.24) is 10.6 Å². The van der Waals surface area contributed by atoms with Gasteiger partial charge in [0, 0.05) is 0 Å². The summed E-state index contributed by atoms with van der Waals surface area (Å²) in [6.07, 6.45) is 1.68. The highest BCUT2D eigenvalue weighted by molar-refractivity contribution is 7.98. The molecule has 0 fully saturated rings. The van der Waals surface area contributed by atoms with Crippen LogP contribution < -0.4 is 22.1 Å². The molecule has 1 rings (SSSR count). The molecule has 0 bridgehead atoms. The number of carbonyl (C=O) groups excluding carboxylic acids is 3. The Bertz CT molecular complexity index is 728. The van der Waals surface area contributed by atoms with Crippen LogP contribution in [0.25, 0.3) is 0 Å². The first-order valence-electron chi connectivity index (χ1n) is 8.78. The molecular formula is C18H26N4O6S. The van der Waals surface area contributed by atoms with Crippen molar-refractivity contribution >= 4 is 35.5 Å². The number of phenolic OH excluding ortho intramolecular Hbond substituents is 1. The lowest BCUT2D eigenvalue weighted by Crippen LogP contribution is -2.55. The first kappa shape index (κ1) is 24.2. The Kier molecular flexibility index (Phi) is 9.97. The van der Waals surface area contributed by atoms with Gasteiger partial charge in [-0.1, -0.05) is 12.1 Å². The van der Waals surface area contributed by atoms with Crippen molar-refractivity contribution in [1.29, 1.82) is 0 Å². The van der Waals surface area contributed by atoms with Crippen LogP contribution in [0.15, 0.2) is 24.3 Å². The molecule has 0 aliphatic heterocycles. The number of rotatable bonds is 12. The molecule has 0 heterocycles. The summed E-state index contributed by atoms with van der Waals surface area (Å²) >= 11 is 1.45. The second kappa shape index (κ2) is 11.9. The predicted octanol–water partition coefficient (Wildman–Crippen LogP) is -1.06. The van der Waals surface area contributed by atoms with Crippen molar-refractivity contribution in [3.63, 3.8) is 0 Å². The third-order valence-electron chi connectivity index (χ3n) is 3.99. The van der Waals surface area contributed by atoms with Crippen LogP contribution in [0.2, 0.25) is 0 Å². The number of hydrogen-bond acceptors (Lipinski definition) is 7. The zero-order chi connectivity index (χ0) is 22.0. The lowest BCUT2D eigenvalue weighted by atomic mass is 10.0.